The molecule has 0 amide bonds. The Labute approximate surface area is 155 Å². The average Bonchev–Trinajstić information content (AvgIpc) is 3.08. The minimum absolute atomic E-state index is 0.269. The lowest BCUT2D eigenvalue weighted by molar-refractivity contribution is 0.303. The lowest BCUT2D eigenvalue weighted by atomic mass is 10.2. The molecular formula is C18H19ClFN5O. The standard InChI is InChI=1S/C18H19ClFN5O/c1-2-9-25-18(22-23-24-25)21-11-14-10-15(19)5-8-17(14)26-12-13-3-6-16(20)7-4-13/h3-8,10H,2,9,11-12H2,1H3,(H,21,22,24). The number of hydrogen-bond acceptors (Lipinski definition) is 5. The molecule has 0 saturated heterocycles. The van der Waals surface area contributed by atoms with Gasteiger partial charge in [-0.05, 0) is 52.7 Å². The van der Waals surface area contributed by atoms with Crippen molar-refractivity contribution in [3.8, 4) is 5.75 Å². The topological polar surface area (TPSA) is 64.9 Å². The smallest absolute Gasteiger partial charge is 0.243 e. The Morgan fingerprint density at radius 3 is 2.77 bits per heavy atom. The summed E-state index contributed by atoms with van der Waals surface area (Å²) < 4.78 is 20.6. The van der Waals surface area contributed by atoms with Gasteiger partial charge >= 0.3 is 0 Å². The zero-order valence-corrected chi connectivity index (χ0v) is 15.1. The first-order chi connectivity index (χ1) is 12.7. The molecule has 6 nitrogen and oxygen atoms in total. The lowest BCUT2D eigenvalue weighted by Crippen LogP contribution is -2.10. The van der Waals surface area contributed by atoms with Crippen LogP contribution in [0.4, 0.5) is 10.3 Å². The van der Waals surface area contributed by atoms with Crippen LogP contribution in [0.2, 0.25) is 5.02 Å². The molecule has 0 atom stereocenters. The molecule has 26 heavy (non-hydrogen) atoms. The third-order valence-electron chi connectivity index (χ3n) is 3.73. The molecule has 0 radical (unpaired) electrons. The highest BCUT2D eigenvalue weighted by Gasteiger charge is 2.09. The normalized spacial score (nSPS) is 10.7. The average molecular weight is 376 g/mol. The fourth-order valence-corrected chi connectivity index (χ4v) is 2.63. The van der Waals surface area contributed by atoms with Gasteiger partial charge < -0.3 is 10.1 Å². The van der Waals surface area contributed by atoms with Gasteiger partial charge in [0.15, 0.2) is 0 Å². The van der Waals surface area contributed by atoms with Crippen LogP contribution in [0.3, 0.4) is 0 Å². The zero-order chi connectivity index (χ0) is 18.4. The van der Waals surface area contributed by atoms with Crippen molar-refractivity contribution >= 4 is 17.5 Å². The van der Waals surface area contributed by atoms with E-state index >= 15 is 0 Å². The number of benzene rings is 2. The Hall–Kier alpha value is -2.67. The Morgan fingerprint density at radius 2 is 2.00 bits per heavy atom. The molecule has 0 bridgehead atoms. The third-order valence-corrected chi connectivity index (χ3v) is 3.97. The fourth-order valence-electron chi connectivity index (χ4n) is 2.44. The quantitative estimate of drug-likeness (QED) is 0.643. The predicted octanol–water partition coefficient (Wildman–Crippen LogP) is 4.07. The number of aromatic nitrogens is 4. The Kier molecular flexibility index (Phi) is 6.01. The van der Waals surface area contributed by atoms with Gasteiger partial charge in [0.25, 0.3) is 0 Å². The zero-order valence-electron chi connectivity index (χ0n) is 14.3. The van der Waals surface area contributed by atoms with E-state index in [0.29, 0.717) is 29.9 Å². The highest BCUT2D eigenvalue weighted by atomic mass is 35.5. The van der Waals surface area contributed by atoms with Gasteiger partial charge in [0, 0.05) is 23.7 Å². The van der Waals surface area contributed by atoms with Crippen LogP contribution >= 0.6 is 11.6 Å². The van der Waals surface area contributed by atoms with Gasteiger partial charge in [0.2, 0.25) is 5.95 Å². The van der Waals surface area contributed by atoms with E-state index < -0.39 is 0 Å². The van der Waals surface area contributed by atoms with Gasteiger partial charge in [0.1, 0.15) is 18.2 Å². The maximum absolute atomic E-state index is 13.0. The summed E-state index contributed by atoms with van der Waals surface area (Å²) in [5.74, 6) is 1.02. The lowest BCUT2D eigenvalue weighted by Gasteiger charge is -2.13. The van der Waals surface area contributed by atoms with Crippen LogP contribution in [0.5, 0.6) is 5.75 Å². The summed E-state index contributed by atoms with van der Waals surface area (Å²) >= 11 is 6.12. The second-order valence-electron chi connectivity index (χ2n) is 5.75. The fraction of sp³-hybridized carbons (Fsp3) is 0.278. The number of anilines is 1. The number of tetrazole rings is 1. The molecule has 3 aromatic rings. The minimum Gasteiger partial charge on any atom is -0.489 e. The maximum atomic E-state index is 13.0. The summed E-state index contributed by atoms with van der Waals surface area (Å²) in [5, 5.41) is 15.4. The molecule has 1 aromatic heterocycles. The Balaban J connectivity index is 1.69. The molecule has 1 N–H and O–H groups in total. The first-order valence-corrected chi connectivity index (χ1v) is 8.69. The number of rotatable bonds is 8. The molecule has 0 unspecified atom stereocenters. The van der Waals surface area contributed by atoms with Crippen molar-refractivity contribution in [1.82, 2.24) is 20.2 Å². The molecule has 0 fully saturated rings. The number of nitrogens with one attached hydrogen (secondary N) is 1. The van der Waals surface area contributed by atoms with Crippen molar-refractivity contribution in [1.29, 1.82) is 0 Å². The summed E-state index contributed by atoms with van der Waals surface area (Å²) in [6.07, 6.45) is 0.933. The molecule has 0 aliphatic heterocycles. The molecule has 2 aromatic carbocycles. The third kappa shape index (κ3) is 4.70. The first-order valence-electron chi connectivity index (χ1n) is 8.31. The summed E-state index contributed by atoms with van der Waals surface area (Å²) in [6, 6.07) is 11.6. The highest BCUT2D eigenvalue weighted by Crippen LogP contribution is 2.24. The van der Waals surface area contributed by atoms with Gasteiger partial charge in [-0.15, -0.1) is 0 Å². The molecule has 0 saturated carbocycles. The predicted molar refractivity (Wildman–Crippen MR) is 97.6 cm³/mol. The second-order valence-corrected chi connectivity index (χ2v) is 6.18. The van der Waals surface area contributed by atoms with Crippen molar-refractivity contribution < 1.29 is 9.13 Å². The number of aryl methyl sites for hydroxylation is 1. The van der Waals surface area contributed by atoms with E-state index in [1.54, 1.807) is 22.9 Å². The number of nitrogens with zero attached hydrogens (tertiary/aromatic N) is 4. The summed E-state index contributed by atoms with van der Waals surface area (Å²) in [5.41, 5.74) is 1.76. The molecule has 1 heterocycles. The van der Waals surface area contributed by atoms with Crippen molar-refractivity contribution in [2.75, 3.05) is 5.32 Å². The molecular weight excluding hydrogens is 357 g/mol. The first kappa shape index (κ1) is 18.1. The van der Waals surface area contributed by atoms with E-state index in [1.807, 2.05) is 12.1 Å². The molecule has 136 valence electrons. The highest BCUT2D eigenvalue weighted by molar-refractivity contribution is 6.30. The van der Waals surface area contributed by atoms with E-state index in [9.17, 15) is 4.39 Å². The Morgan fingerprint density at radius 1 is 1.19 bits per heavy atom. The van der Waals surface area contributed by atoms with E-state index in [2.05, 4.69) is 27.8 Å². The van der Waals surface area contributed by atoms with Gasteiger partial charge in [-0.2, -0.15) is 0 Å². The monoisotopic (exact) mass is 375 g/mol. The summed E-state index contributed by atoms with van der Waals surface area (Å²) in [7, 11) is 0. The van der Waals surface area contributed by atoms with Crippen LogP contribution in [0.1, 0.15) is 24.5 Å². The van der Waals surface area contributed by atoms with E-state index in [1.165, 1.54) is 12.1 Å². The maximum Gasteiger partial charge on any atom is 0.243 e. The number of halogens is 2. The van der Waals surface area contributed by atoms with Crippen molar-refractivity contribution in [3.05, 3.63) is 64.4 Å². The van der Waals surface area contributed by atoms with E-state index in [0.717, 1.165) is 24.1 Å². The molecule has 3 rings (SSSR count). The van der Waals surface area contributed by atoms with Gasteiger partial charge in [0.05, 0.1) is 0 Å². The van der Waals surface area contributed by atoms with Gasteiger partial charge in [-0.25, -0.2) is 9.07 Å². The van der Waals surface area contributed by atoms with Gasteiger partial charge in [-0.1, -0.05) is 35.8 Å². The Bertz CT molecular complexity index is 853. The molecule has 8 heteroatoms. The van der Waals surface area contributed by atoms with Crippen molar-refractivity contribution in [3.63, 3.8) is 0 Å². The minimum atomic E-state index is -0.269. The van der Waals surface area contributed by atoms with Crippen LogP contribution in [0, 0.1) is 5.82 Å². The molecule has 0 spiro atoms. The largest absolute Gasteiger partial charge is 0.489 e. The van der Waals surface area contributed by atoms with E-state index in [-0.39, 0.29) is 5.82 Å². The van der Waals surface area contributed by atoms with Crippen LogP contribution < -0.4 is 10.1 Å². The van der Waals surface area contributed by atoms with Crippen molar-refractivity contribution in [2.24, 2.45) is 0 Å². The van der Waals surface area contributed by atoms with Gasteiger partial charge in [-0.3, -0.25) is 0 Å². The SMILES string of the molecule is CCCn1nnnc1NCc1cc(Cl)ccc1OCc1ccc(F)cc1. The van der Waals surface area contributed by atoms with Crippen LogP contribution in [0.25, 0.3) is 0 Å². The summed E-state index contributed by atoms with van der Waals surface area (Å²) in [4.78, 5) is 0. The van der Waals surface area contributed by atoms with E-state index in [4.69, 9.17) is 16.3 Å². The summed E-state index contributed by atoms with van der Waals surface area (Å²) in [6.45, 7) is 3.59. The second kappa shape index (κ2) is 8.62. The van der Waals surface area contributed by atoms with Crippen LogP contribution in [-0.4, -0.2) is 20.2 Å². The molecule has 0 aliphatic rings. The number of hydrogen-bond donors (Lipinski definition) is 1. The van der Waals surface area contributed by atoms with Crippen LogP contribution in [0.15, 0.2) is 42.5 Å². The van der Waals surface area contributed by atoms with Crippen LogP contribution in [-0.2, 0) is 19.7 Å². The van der Waals surface area contributed by atoms with Crippen molar-refractivity contribution in [2.45, 2.75) is 33.0 Å². The molecule has 0 aliphatic carbocycles. The number of ether oxygens (including phenoxy) is 1.